The van der Waals surface area contributed by atoms with Crippen molar-refractivity contribution in [2.24, 2.45) is 0 Å². The number of benzene rings is 4. The minimum atomic E-state index is -3.99. The first-order valence-corrected chi connectivity index (χ1v) is 15.6. The third-order valence-electron chi connectivity index (χ3n) is 6.21. The fourth-order valence-electron chi connectivity index (χ4n) is 3.80. The van der Waals surface area contributed by atoms with Gasteiger partial charge < -0.3 is 5.32 Å². The van der Waals surface area contributed by atoms with E-state index in [0.717, 1.165) is 11.1 Å². The molecule has 208 valence electrons. The number of hydrogen-bond acceptors (Lipinski definition) is 5. The summed E-state index contributed by atoms with van der Waals surface area (Å²) in [7, 11) is -7.98. The van der Waals surface area contributed by atoms with Crippen molar-refractivity contribution < 1.29 is 21.6 Å². The van der Waals surface area contributed by atoms with Crippen LogP contribution < -0.4 is 14.8 Å². The number of halogens is 2. The highest BCUT2D eigenvalue weighted by atomic mass is 35.5. The predicted octanol–water partition coefficient (Wildman–Crippen LogP) is 6.77. The molecule has 0 heterocycles. The summed E-state index contributed by atoms with van der Waals surface area (Å²) in [5, 5.41) is 2.93. The van der Waals surface area contributed by atoms with Gasteiger partial charge in [0.2, 0.25) is 0 Å². The maximum atomic E-state index is 13.2. The number of hydrogen-bond donors (Lipinski definition) is 3. The van der Waals surface area contributed by atoms with E-state index in [1.165, 1.54) is 48.5 Å². The van der Waals surface area contributed by atoms with E-state index in [1.807, 2.05) is 19.9 Å². The van der Waals surface area contributed by atoms with Gasteiger partial charge in [-0.2, -0.15) is 0 Å². The van der Waals surface area contributed by atoms with Crippen LogP contribution in [-0.4, -0.2) is 22.7 Å². The molecule has 12 heteroatoms. The molecule has 0 saturated heterocycles. The number of amides is 1. The van der Waals surface area contributed by atoms with Crippen LogP contribution >= 0.6 is 23.2 Å². The molecule has 0 aliphatic rings. The maximum Gasteiger partial charge on any atom is 0.262 e. The summed E-state index contributed by atoms with van der Waals surface area (Å²) < 4.78 is 57.0. The molecule has 0 bridgehead atoms. The Kier molecular flexibility index (Phi) is 8.46. The van der Waals surface area contributed by atoms with Crippen LogP contribution in [0.5, 0.6) is 0 Å². The first-order valence-electron chi connectivity index (χ1n) is 11.9. The van der Waals surface area contributed by atoms with E-state index < -0.39 is 26.0 Å². The predicted molar refractivity (Wildman–Crippen MR) is 160 cm³/mol. The van der Waals surface area contributed by atoms with Crippen molar-refractivity contribution in [3.05, 3.63) is 111 Å². The smallest absolute Gasteiger partial charge is 0.262 e. The van der Waals surface area contributed by atoms with Crippen molar-refractivity contribution in [3.63, 3.8) is 0 Å². The average molecular weight is 619 g/mol. The van der Waals surface area contributed by atoms with E-state index >= 15 is 0 Å². The van der Waals surface area contributed by atoms with E-state index in [1.54, 1.807) is 31.2 Å². The number of carbonyl (C=O) groups excluding carboxylic acids is 1. The molecule has 0 aliphatic heterocycles. The van der Waals surface area contributed by atoms with Crippen LogP contribution in [0.25, 0.3) is 0 Å². The van der Waals surface area contributed by atoms with Crippen LogP contribution in [0.2, 0.25) is 10.0 Å². The zero-order valence-electron chi connectivity index (χ0n) is 21.6. The Morgan fingerprint density at radius 3 is 2.02 bits per heavy atom. The monoisotopic (exact) mass is 617 g/mol. The van der Waals surface area contributed by atoms with Crippen molar-refractivity contribution in [1.29, 1.82) is 0 Å². The van der Waals surface area contributed by atoms with Gasteiger partial charge in [0.1, 0.15) is 0 Å². The van der Waals surface area contributed by atoms with Crippen molar-refractivity contribution >= 4 is 66.2 Å². The van der Waals surface area contributed by atoms with Crippen molar-refractivity contribution in [2.45, 2.75) is 30.6 Å². The summed E-state index contributed by atoms with van der Waals surface area (Å²) in [5.41, 5.74) is 3.21. The largest absolute Gasteiger partial charge is 0.322 e. The average Bonchev–Trinajstić information content (AvgIpc) is 2.89. The Morgan fingerprint density at radius 2 is 1.32 bits per heavy atom. The summed E-state index contributed by atoms with van der Waals surface area (Å²) in [6.45, 7) is 5.35. The van der Waals surface area contributed by atoms with E-state index in [9.17, 15) is 21.6 Å². The van der Waals surface area contributed by atoms with Gasteiger partial charge in [0.25, 0.3) is 26.0 Å². The number of anilines is 3. The third kappa shape index (κ3) is 6.42. The number of rotatable bonds is 8. The normalized spacial score (nSPS) is 11.6. The van der Waals surface area contributed by atoms with E-state index in [0.29, 0.717) is 16.9 Å². The lowest BCUT2D eigenvalue weighted by molar-refractivity contribution is 0.102. The summed E-state index contributed by atoms with van der Waals surface area (Å²) >= 11 is 12.0. The number of aryl methyl sites for hydroxylation is 2. The first kappa shape index (κ1) is 29.4. The molecule has 4 rings (SSSR count). The summed E-state index contributed by atoms with van der Waals surface area (Å²) in [5.74, 6) is -0.567. The Bertz CT molecular complexity index is 1830. The highest BCUT2D eigenvalue weighted by Gasteiger charge is 2.21. The van der Waals surface area contributed by atoms with Crippen LogP contribution in [0.15, 0.2) is 88.7 Å². The number of sulfonamides is 2. The molecule has 0 spiro atoms. The summed E-state index contributed by atoms with van der Waals surface area (Å²) in [6, 6.07) is 19.7. The Hall–Kier alpha value is -3.57. The number of carbonyl (C=O) groups is 1. The molecule has 8 nitrogen and oxygen atoms in total. The zero-order valence-corrected chi connectivity index (χ0v) is 24.8. The Labute approximate surface area is 243 Å². The first-order chi connectivity index (χ1) is 18.8. The molecule has 0 saturated carbocycles. The molecule has 0 atom stereocenters. The lowest BCUT2D eigenvalue weighted by Gasteiger charge is -2.15. The second kappa shape index (κ2) is 11.5. The van der Waals surface area contributed by atoms with Crippen LogP contribution in [0.1, 0.15) is 27.0 Å². The quantitative estimate of drug-likeness (QED) is 0.201. The molecule has 0 fully saturated rings. The number of nitrogens with one attached hydrogen (secondary N) is 3. The van der Waals surface area contributed by atoms with E-state index in [-0.39, 0.29) is 31.1 Å². The molecular weight excluding hydrogens is 593 g/mol. The van der Waals surface area contributed by atoms with Gasteiger partial charge in [-0.25, -0.2) is 16.8 Å². The second-order valence-corrected chi connectivity index (χ2v) is 13.1. The molecule has 0 radical (unpaired) electrons. The van der Waals surface area contributed by atoms with Crippen molar-refractivity contribution in [2.75, 3.05) is 14.8 Å². The summed E-state index contributed by atoms with van der Waals surface area (Å²) in [4.78, 5) is 12.9. The molecule has 4 aromatic carbocycles. The highest BCUT2D eigenvalue weighted by Crippen LogP contribution is 2.31. The Morgan fingerprint density at radius 1 is 0.700 bits per heavy atom. The van der Waals surface area contributed by atoms with Crippen molar-refractivity contribution in [3.8, 4) is 0 Å². The Balaban J connectivity index is 1.52. The zero-order chi connectivity index (χ0) is 29.2. The van der Waals surface area contributed by atoms with Crippen LogP contribution in [-0.2, 0) is 20.0 Å². The second-order valence-electron chi connectivity index (χ2n) is 9.02. The third-order valence-corrected chi connectivity index (χ3v) is 9.92. The standard InChI is InChI=1S/C28H25Cl2N3O5S2/c1-17-6-4-8-24(19(17)3)32-40(37,38)26-16-20(11-10-18(26)2)28(34)31-21-12-14-22(15-13-21)39(35,36)33-25-9-5-7-23(29)27(25)30/h4-16,32-33H,1-3H3,(H,31,34). The fraction of sp³-hybridized carbons (Fsp3) is 0.107. The topological polar surface area (TPSA) is 121 Å². The molecule has 0 aromatic heterocycles. The van der Waals surface area contributed by atoms with Gasteiger partial charge in [-0.1, -0.05) is 47.5 Å². The van der Waals surface area contributed by atoms with Gasteiger partial charge in [-0.3, -0.25) is 14.2 Å². The highest BCUT2D eigenvalue weighted by molar-refractivity contribution is 7.93. The minimum Gasteiger partial charge on any atom is -0.322 e. The van der Waals surface area contributed by atoms with Gasteiger partial charge in [0, 0.05) is 11.3 Å². The minimum absolute atomic E-state index is 0.0340. The summed E-state index contributed by atoms with van der Waals surface area (Å²) in [6.07, 6.45) is 0. The van der Waals surface area contributed by atoms with Crippen LogP contribution in [0.3, 0.4) is 0 Å². The van der Waals surface area contributed by atoms with Gasteiger partial charge in [0.15, 0.2) is 0 Å². The molecular formula is C28H25Cl2N3O5S2. The van der Waals surface area contributed by atoms with Gasteiger partial charge in [0.05, 0.1) is 31.2 Å². The fourth-order valence-corrected chi connectivity index (χ4v) is 6.67. The van der Waals surface area contributed by atoms with Gasteiger partial charge >= 0.3 is 0 Å². The van der Waals surface area contributed by atoms with Gasteiger partial charge in [-0.15, -0.1) is 0 Å². The molecule has 0 aliphatic carbocycles. The lowest BCUT2D eigenvalue weighted by Crippen LogP contribution is -2.18. The maximum absolute atomic E-state index is 13.2. The molecule has 4 aromatic rings. The van der Waals surface area contributed by atoms with Crippen LogP contribution in [0.4, 0.5) is 17.1 Å². The molecule has 40 heavy (non-hydrogen) atoms. The molecule has 3 N–H and O–H groups in total. The van der Waals surface area contributed by atoms with E-state index in [2.05, 4.69) is 14.8 Å². The van der Waals surface area contributed by atoms with Gasteiger partial charge in [-0.05, 0) is 92.1 Å². The van der Waals surface area contributed by atoms with Crippen LogP contribution in [0, 0.1) is 20.8 Å². The van der Waals surface area contributed by atoms with Crippen molar-refractivity contribution in [1.82, 2.24) is 0 Å². The van der Waals surface area contributed by atoms with E-state index in [4.69, 9.17) is 23.2 Å². The SMILES string of the molecule is Cc1ccc(C(=O)Nc2ccc(S(=O)(=O)Nc3cccc(Cl)c3Cl)cc2)cc1S(=O)(=O)Nc1cccc(C)c1C. The molecule has 0 unspecified atom stereocenters. The lowest BCUT2D eigenvalue weighted by atomic mass is 10.1. The molecule has 1 amide bonds.